The number of benzene rings is 1. The average molecular weight is 546 g/mol. The van der Waals surface area contributed by atoms with Crippen molar-refractivity contribution in [3.63, 3.8) is 0 Å². The highest BCUT2D eigenvalue weighted by Crippen LogP contribution is 2.27. The molecule has 0 aliphatic carbocycles. The monoisotopic (exact) mass is 545 g/mol. The zero-order valence-electron chi connectivity index (χ0n) is 18.0. The molecule has 17 heteroatoms. The van der Waals surface area contributed by atoms with Crippen LogP contribution >= 0.6 is 22.9 Å². The van der Waals surface area contributed by atoms with Crippen LogP contribution in [0.15, 0.2) is 29.4 Å². The molecule has 188 valence electrons. The molecule has 1 fully saturated rings. The number of hydrogen-bond donors (Lipinski definition) is 5. The van der Waals surface area contributed by atoms with E-state index in [4.69, 9.17) is 42.6 Å². The summed E-state index contributed by atoms with van der Waals surface area (Å²) in [7, 11) is -4.76. The minimum atomic E-state index is -4.76. The van der Waals surface area contributed by atoms with Crippen molar-refractivity contribution >= 4 is 61.7 Å². The van der Waals surface area contributed by atoms with E-state index in [1.54, 1.807) is 24.3 Å². The lowest BCUT2D eigenvalue weighted by Gasteiger charge is -2.42. The minimum Gasteiger partial charge on any atom is -0.490 e. The highest BCUT2D eigenvalue weighted by molar-refractivity contribution is 7.84. The summed E-state index contributed by atoms with van der Waals surface area (Å²) in [4.78, 5) is 34.0. The highest BCUT2D eigenvalue weighted by Gasteiger charge is 2.51. The van der Waals surface area contributed by atoms with Gasteiger partial charge >= 0.3 is 10.3 Å². The Hall–Kier alpha value is -3.47. The van der Waals surface area contributed by atoms with Crippen LogP contribution in [0, 0.1) is 5.41 Å². The van der Waals surface area contributed by atoms with E-state index >= 15 is 0 Å². The van der Waals surface area contributed by atoms with Crippen LogP contribution in [-0.4, -0.2) is 70.9 Å². The van der Waals surface area contributed by atoms with Crippen molar-refractivity contribution in [3.05, 3.63) is 39.9 Å². The third-order valence-corrected chi connectivity index (χ3v) is 6.77. The van der Waals surface area contributed by atoms with Crippen LogP contribution in [0.1, 0.15) is 18.2 Å². The molecule has 2 heterocycles. The fourth-order valence-electron chi connectivity index (χ4n) is 3.01. The molecule has 1 aromatic heterocycles. The standard InChI is InChI=1S/C18H20ClN7O7S2/c1-8-11(17(28)26(8)35(29,30)31)23-16(27)13(12-14(19)34-18(22)24-12)25-33-7-6-32-10-4-2-9(3-5-10)15(20)21/h2-5,8,11H,6-7H2,1H3,(H3,20,21)(H2,22,24)(H,23,27)(H,29,30,31)/t8-,11-/m0/s1. The van der Waals surface area contributed by atoms with Crippen molar-refractivity contribution in [3.8, 4) is 5.75 Å². The summed E-state index contributed by atoms with van der Waals surface area (Å²) >= 11 is 6.97. The van der Waals surface area contributed by atoms with Gasteiger partial charge < -0.3 is 26.4 Å². The number of nitrogens with zero attached hydrogens (tertiary/aromatic N) is 3. The largest absolute Gasteiger partial charge is 0.490 e. The molecule has 0 saturated carbocycles. The number of hydrogen-bond acceptors (Lipinski definition) is 11. The molecule has 2 aromatic rings. The van der Waals surface area contributed by atoms with E-state index in [1.807, 2.05) is 0 Å². The van der Waals surface area contributed by atoms with E-state index in [0.717, 1.165) is 11.3 Å². The van der Waals surface area contributed by atoms with Gasteiger partial charge in [0.25, 0.3) is 11.8 Å². The topological polar surface area (TPSA) is 223 Å². The number of nitrogens with one attached hydrogen (secondary N) is 2. The van der Waals surface area contributed by atoms with Crippen molar-refractivity contribution < 1.29 is 32.1 Å². The number of halogens is 1. The molecule has 14 nitrogen and oxygen atoms in total. The fraction of sp³-hybridized carbons (Fsp3) is 0.278. The van der Waals surface area contributed by atoms with Crippen LogP contribution < -0.4 is 21.5 Å². The Labute approximate surface area is 208 Å². The maximum atomic E-state index is 12.8. The summed E-state index contributed by atoms with van der Waals surface area (Å²) in [6.45, 7) is 1.26. The van der Waals surface area contributed by atoms with Crippen LogP contribution in [0.3, 0.4) is 0 Å². The lowest BCUT2D eigenvalue weighted by Crippen LogP contribution is -2.71. The molecule has 2 atom stereocenters. The van der Waals surface area contributed by atoms with Gasteiger partial charge in [0.15, 0.2) is 17.5 Å². The molecule has 35 heavy (non-hydrogen) atoms. The Morgan fingerprint density at radius 2 is 2.03 bits per heavy atom. The first-order chi connectivity index (χ1) is 16.4. The predicted molar refractivity (Wildman–Crippen MR) is 127 cm³/mol. The summed E-state index contributed by atoms with van der Waals surface area (Å²) in [6, 6.07) is 4.17. The van der Waals surface area contributed by atoms with Crippen molar-refractivity contribution in [2.75, 3.05) is 18.9 Å². The number of oxime groups is 1. The van der Waals surface area contributed by atoms with Gasteiger partial charge in [-0.2, -0.15) is 8.42 Å². The number of rotatable bonds is 10. The molecule has 1 aliphatic rings. The van der Waals surface area contributed by atoms with E-state index < -0.39 is 39.9 Å². The van der Waals surface area contributed by atoms with Gasteiger partial charge in [0.05, 0.1) is 6.04 Å². The van der Waals surface area contributed by atoms with Crippen LogP contribution in [0.25, 0.3) is 0 Å². The molecule has 0 radical (unpaired) electrons. The van der Waals surface area contributed by atoms with Gasteiger partial charge in [-0.3, -0.25) is 19.6 Å². The summed E-state index contributed by atoms with van der Waals surface area (Å²) < 4.78 is 37.4. The second kappa shape index (κ2) is 10.4. The molecule has 1 saturated heterocycles. The number of β-lactam (4-membered cyclic amide) rings is 1. The number of anilines is 1. The molecular weight excluding hydrogens is 526 g/mol. The number of nitrogen functional groups attached to an aromatic ring is 2. The predicted octanol–water partition coefficient (Wildman–Crippen LogP) is -0.0192. The first-order valence-electron chi connectivity index (χ1n) is 9.71. The number of nitrogens with two attached hydrogens (primary N) is 2. The molecule has 2 amide bonds. The summed E-state index contributed by atoms with van der Waals surface area (Å²) in [5, 5.41) is 13.5. The number of carbonyl (C=O) groups excluding carboxylic acids is 2. The molecule has 1 aliphatic heterocycles. The Morgan fingerprint density at radius 3 is 2.54 bits per heavy atom. The molecular formula is C18H20ClN7O7S2. The normalized spacial score (nSPS) is 18.1. The third kappa shape index (κ3) is 5.97. The van der Waals surface area contributed by atoms with Crippen molar-refractivity contribution in [1.29, 1.82) is 5.41 Å². The van der Waals surface area contributed by atoms with E-state index in [9.17, 15) is 18.0 Å². The first kappa shape index (κ1) is 26.1. The summed E-state index contributed by atoms with van der Waals surface area (Å²) in [5.74, 6) is -1.55. The number of amides is 2. The number of aromatic nitrogens is 1. The van der Waals surface area contributed by atoms with Gasteiger partial charge in [-0.15, -0.1) is 0 Å². The molecule has 3 rings (SSSR count). The van der Waals surface area contributed by atoms with Gasteiger partial charge in [0.1, 0.15) is 34.3 Å². The zero-order valence-corrected chi connectivity index (χ0v) is 20.4. The first-order valence-corrected chi connectivity index (χ1v) is 12.3. The summed E-state index contributed by atoms with van der Waals surface area (Å²) in [5.41, 5.74) is 11.1. The van der Waals surface area contributed by atoms with Gasteiger partial charge in [-0.05, 0) is 31.2 Å². The Morgan fingerprint density at radius 1 is 1.37 bits per heavy atom. The van der Waals surface area contributed by atoms with E-state index in [0.29, 0.717) is 11.3 Å². The lowest BCUT2D eigenvalue weighted by molar-refractivity contribution is -0.143. The number of amidine groups is 1. The Balaban J connectivity index is 1.66. The summed E-state index contributed by atoms with van der Waals surface area (Å²) in [6.07, 6.45) is 0. The molecule has 7 N–H and O–H groups in total. The zero-order chi connectivity index (χ0) is 25.9. The van der Waals surface area contributed by atoms with E-state index in [2.05, 4.69) is 15.5 Å². The maximum absolute atomic E-state index is 12.8. The van der Waals surface area contributed by atoms with Crippen molar-refractivity contribution in [2.45, 2.75) is 19.0 Å². The number of thiazole rings is 1. The van der Waals surface area contributed by atoms with Crippen molar-refractivity contribution in [2.24, 2.45) is 10.9 Å². The van der Waals surface area contributed by atoms with Crippen LogP contribution in [0.4, 0.5) is 5.13 Å². The molecule has 0 unspecified atom stereocenters. The fourth-order valence-corrected chi connectivity index (χ4v) is 4.82. The van der Waals surface area contributed by atoms with Gasteiger partial charge in [0.2, 0.25) is 0 Å². The quantitative estimate of drug-likeness (QED) is 0.0669. The minimum absolute atomic E-state index is 0.0339. The van der Waals surface area contributed by atoms with Crippen LogP contribution in [0.5, 0.6) is 5.75 Å². The van der Waals surface area contributed by atoms with Crippen molar-refractivity contribution in [1.82, 2.24) is 14.6 Å². The Kier molecular flexibility index (Phi) is 7.79. The number of carbonyl (C=O) groups is 2. The second-order valence-corrected chi connectivity index (χ2v) is 9.96. The third-order valence-electron chi connectivity index (χ3n) is 4.68. The van der Waals surface area contributed by atoms with E-state index in [-0.39, 0.29) is 38.5 Å². The smallest absolute Gasteiger partial charge is 0.362 e. The average Bonchev–Trinajstić information content (AvgIpc) is 3.11. The molecule has 0 bridgehead atoms. The SMILES string of the molecule is C[C@H]1[C@H](NC(=O)C(=NOCCOc2ccc(C(=N)N)cc2)c2nc(N)sc2Cl)C(=O)N1S(=O)(=O)O. The second-order valence-electron chi connectivity index (χ2n) is 7.04. The van der Waals surface area contributed by atoms with Gasteiger partial charge in [-0.25, -0.2) is 9.29 Å². The van der Waals surface area contributed by atoms with Crippen LogP contribution in [0.2, 0.25) is 4.34 Å². The lowest BCUT2D eigenvalue weighted by atomic mass is 10.0. The maximum Gasteiger partial charge on any atom is 0.362 e. The molecule has 0 spiro atoms. The van der Waals surface area contributed by atoms with Gasteiger partial charge in [-0.1, -0.05) is 28.1 Å². The highest BCUT2D eigenvalue weighted by atomic mass is 35.5. The number of ether oxygens (including phenoxy) is 1. The molecule has 1 aromatic carbocycles. The van der Waals surface area contributed by atoms with Crippen LogP contribution in [-0.2, 0) is 24.7 Å². The van der Waals surface area contributed by atoms with Gasteiger partial charge in [0, 0.05) is 5.56 Å². The van der Waals surface area contributed by atoms with E-state index in [1.165, 1.54) is 6.92 Å². The Bertz CT molecular complexity index is 1280.